The summed E-state index contributed by atoms with van der Waals surface area (Å²) in [4.78, 5) is 10.8. The quantitative estimate of drug-likeness (QED) is 0.167. The molecule has 2 aromatic heterocycles. The molecular weight excluding hydrogens is 801 g/mol. The number of benzene rings is 10. The fourth-order valence-corrected chi connectivity index (χ4v) is 10.7. The van der Waals surface area contributed by atoms with Crippen molar-refractivity contribution in [3.8, 4) is 78.4 Å². The van der Waals surface area contributed by atoms with Gasteiger partial charge in [0.1, 0.15) is 11.2 Å². The molecule has 3 heteroatoms. The summed E-state index contributed by atoms with van der Waals surface area (Å²) in [5, 5.41) is 7.01. The molecule has 1 aliphatic rings. The van der Waals surface area contributed by atoms with Crippen LogP contribution < -0.4 is 0 Å². The van der Waals surface area contributed by atoms with Crippen molar-refractivity contribution in [1.29, 1.82) is 0 Å². The summed E-state index contributed by atoms with van der Waals surface area (Å²) >= 11 is 0. The summed E-state index contributed by atoms with van der Waals surface area (Å²) in [6, 6.07) is 78.4. The Morgan fingerprint density at radius 3 is 1.71 bits per heavy atom. The lowest BCUT2D eigenvalue weighted by Crippen LogP contribution is -2.14. The van der Waals surface area contributed by atoms with E-state index in [0.717, 1.165) is 94.2 Å². The van der Waals surface area contributed by atoms with Crippen molar-refractivity contribution in [3.63, 3.8) is 0 Å². The van der Waals surface area contributed by atoms with Crippen molar-refractivity contribution in [1.82, 2.24) is 9.97 Å². The third-order valence-corrected chi connectivity index (χ3v) is 13.9. The van der Waals surface area contributed by atoms with E-state index in [-0.39, 0.29) is 5.41 Å². The van der Waals surface area contributed by atoms with E-state index in [1.165, 1.54) is 33.0 Å². The van der Waals surface area contributed by atoms with E-state index >= 15 is 0 Å². The van der Waals surface area contributed by atoms with Crippen LogP contribution in [0.25, 0.3) is 122 Å². The third-order valence-electron chi connectivity index (χ3n) is 13.9. The van der Waals surface area contributed by atoms with Gasteiger partial charge >= 0.3 is 0 Å². The number of fused-ring (bicyclic) bond motifs is 8. The first-order valence-corrected chi connectivity index (χ1v) is 22.7. The van der Waals surface area contributed by atoms with E-state index in [0.29, 0.717) is 5.82 Å². The van der Waals surface area contributed by atoms with Gasteiger partial charge in [0.05, 0.1) is 11.4 Å². The molecule has 0 fully saturated rings. The van der Waals surface area contributed by atoms with Crippen molar-refractivity contribution in [2.24, 2.45) is 0 Å². The number of rotatable bonds is 6. The Morgan fingerprint density at radius 1 is 0.348 bits per heavy atom. The van der Waals surface area contributed by atoms with Crippen LogP contribution in [0.3, 0.4) is 0 Å². The molecule has 0 atom stereocenters. The molecule has 0 amide bonds. The van der Waals surface area contributed by atoms with Crippen molar-refractivity contribution in [2.45, 2.75) is 19.3 Å². The number of nitrogens with zero attached hydrogens (tertiary/aromatic N) is 2. The molecule has 0 N–H and O–H groups in total. The van der Waals surface area contributed by atoms with Crippen LogP contribution in [0.2, 0.25) is 0 Å². The lowest BCUT2D eigenvalue weighted by Gasteiger charge is -2.22. The second kappa shape index (κ2) is 14.8. The van der Waals surface area contributed by atoms with E-state index in [9.17, 15) is 0 Å². The monoisotopic (exact) mass is 842 g/mol. The van der Waals surface area contributed by atoms with Gasteiger partial charge in [-0.2, -0.15) is 0 Å². The average Bonchev–Trinajstić information content (AvgIpc) is 3.86. The fourth-order valence-electron chi connectivity index (χ4n) is 10.7. The molecule has 0 saturated heterocycles. The Balaban J connectivity index is 1.00. The molecule has 0 saturated carbocycles. The van der Waals surface area contributed by atoms with Gasteiger partial charge in [0.25, 0.3) is 0 Å². The Bertz CT molecular complexity index is 3900. The predicted octanol–water partition coefficient (Wildman–Crippen LogP) is 17.0. The second-order valence-electron chi connectivity index (χ2n) is 18.0. The minimum atomic E-state index is -0.174. The highest BCUT2D eigenvalue weighted by Crippen LogP contribution is 2.53. The van der Waals surface area contributed by atoms with Gasteiger partial charge in [-0.25, -0.2) is 9.97 Å². The SMILES string of the molecule is CC1(C)c2cc3ccccc3cc2-c2c(-c3cc(-c4ccc(-c5ccccc5-c5cc(-c6ccccc6)c6oc7ccccc7c6c5)c5ccccc45)nc(-c4ccccc4)n3)cccc21. The zero-order chi connectivity index (χ0) is 43.9. The first-order valence-electron chi connectivity index (χ1n) is 22.7. The van der Waals surface area contributed by atoms with Crippen LogP contribution in [0.15, 0.2) is 223 Å². The highest BCUT2D eigenvalue weighted by molar-refractivity contribution is 6.13. The van der Waals surface area contributed by atoms with Crippen molar-refractivity contribution < 1.29 is 4.42 Å². The topological polar surface area (TPSA) is 38.9 Å². The van der Waals surface area contributed by atoms with E-state index < -0.39 is 0 Å². The minimum absolute atomic E-state index is 0.174. The smallest absolute Gasteiger partial charge is 0.160 e. The Morgan fingerprint density at radius 2 is 0.939 bits per heavy atom. The maximum absolute atomic E-state index is 6.58. The first-order chi connectivity index (χ1) is 32.5. The van der Waals surface area contributed by atoms with Crippen LogP contribution in [0, 0.1) is 0 Å². The number of hydrogen-bond donors (Lipinski definition) is 0. The molecule has 66 heavy (non-hydrogen) atoms. The molecule has 10 aromatic carbocycles. The molecule has 310 valence electrons. The standard InChI is InChI=1S/C63H42N2O/c1-63(2)55-30-17-29-51(60(55)54-34-41-22-9-10-23-42(41)37-56(54)63)58-38-57(64-62(65-58)40-20-7-4-8-21-40)49-33-32-48(46-26-13-14-27-47(46)49)45-25-12-11-24-44(45)43-35-52(39-18-5-3-6-19-39)61-53(36-43)50-28-15-16-31-59(50)66-61/h3-38H,1-2H3. The zero-order valence-electron chi connectivity index (χ0n) is 36.6. The Kier molecular flexibility index (Phi) is 8.56. The number of para-hydroxylation sites is 1. The predicted molar refractivity (Wildman–Crippen MR) is 275 cm³/mol. The fraction of sp³-hybridized carbons (Fsp3) is 0.0476. The van der Waals surface area contributed by atoms with Crippen LogP contribution in [0.1, 0.15) is 25.0 Å². The summed E-state index contributed by atoms with van der Waals surface area (Å²) in [6.45, 7) is 4.70. The highest BCUT2D eigenvalue weighted by atomic mass is 16.3. The van der Waals surface area contributed by atoms with Crippen LogP contribution in [0.4, 0.5) is 0 Å². The average molecular weight is 843 g/mol. The molecule has 0 bridgehead atoms. The van der Waals surface area contributed by atoms with E-state index in [1.54, 1.807) is 0 Å². The number of furan rings is 1. The zero-order valence-corrected chi connectivity index (χ0v) is 36.6. The van der Waals surface area contributed by atoms with Crippen LogP contribution >= 0.6 is 0 Å². The molecular formula is C63H42N2O. The molecule has 13 rings (SSSR count). The molecule has 0 aliphatic heterocycles. The molecule has 0 unspecified atom stereocenters. The molecule has 12 aromatic rings. The van der Waals surface area contributed by atoms with Gasteiger partial charge in [0.15, 0.2) is 5.82 Å². The summed E-state index contributed by atoms with van der Waals surface area (Å²) in [6.07, 6.45) is 0. The largest absolute Gasteiger partial charge is 0.455 e. The summed E-state index contributed by atoms with van der Waals surface area (Å²) in [5.41, 5.74) is 18.6. The van der Waals surface area contributed by atoms with Gasteiger partial charge < -0.3 is 4.42 Å². The van der Waals surface area contributed by atoms with Gasteiger partial charge in [-0.1, -0.05) is 196 Å². The van der Waals surface area contributed by atoms with Gasteiger partial charge in [-0.3, -0.25) is 0 Å². The van der Waals surface area contributed by atoms with Gasteiger partial charge in [0.2, 0.25) is 0 Å². The van der Waals surface area contributed by atoms with Crippen molar-refractivity contribution in [3.05, 3.63) is 230 Å². The maximum Gasteiger partial charge on any atom is 0.160 e. The maximum atomic E-state index is 6.58. The normalized spacial score (nSPS) is 12.8. The summed E-state index contributed by atoms with van der Waals surface area (Å²) < 4.78 is 6.58. The van der Waals surface area contributed by atoms with Crippen molar-refractivity contribution >= 4 is 43.5 Å². The Labute approximate surface area is 383 Å². The molecule has 2 heterocycles. The van der Waals surface area contributed by atoms with Crippen LogP contribution in [0.5, 0.6) is 0 Å². The van der Waals surface area contributed by atoms with E-state index in [4.69, 9.17) is 14.4 Å². The summed E-state index contributed by atoms with van der Waals surface area (Å²) in [7, 11) is 0. The highest BCUT2D eigenvalue weighted by Gasteiger charge is 2.37. The van der Waals surface area contributed by atoms with Gasteiger partial charge in [-0.05, 0) is 108 Å². The number of aromatic nitrogens is 2. The second-order valence-corrected chi connectivity index (χ2v) is 18.0. The van der Waals surface area contributed by atoms with E-state index in [1.807, 2.05) is 12.1 Å². The molecule has 3 nitrogen and oxygen atoms in total. The van der Waals surface area contributed by atoms with Crippen molar-refractivity contribution in [2.75, 3.05) is 0 Å². The number of hydrogen-bond acceptors (Lipinski definition) is 3. The molecule has 0 radical (unpaired) electrons. The lowest BCUT2D eigenvalue weighted by molar-refractivity contribution is 0.661. The van der Waals surface area contributed by atoms with Crippen LogP contribution in [-0.4, -0.2) is 9.97 Å². The van der Waals surface area contributed by atoms with Gasteiger partial charge in [0, 0.05) is 38.4 Å². The minimum Gasteiger partial charge on any atom is -0.455 e. The van der Waals surface area contributed by atoms with Gasteiger partial charge in [-0.15, -0.1) is 0 Å². The first kappa shape index (κ1) is 38.1. The summed E-state index contributed by atoms with van der Waals surface area (Å²) in [5.74, 6) is 0.701. The Hall–Kier alpha value is -8.40. The van der Waals surface area contributed by atoms with Crippen LogP contribution in [-0.2, 0) is 5.41 Å². The lowest BCUT2D eigenvalue weighted by atomic mass is 9.81. The molecule has 0 spiro atoms. The molecule has 1 aliphatic carbocycles. The van der Waals surface area contributed by atoms with E-state index in [2.05, 4.69) is 220 Å². The third kappa shape index (κ3) is 5.97.